The molecule has 2 N–H and O–H groups in total. The molecule has 1 aliphatic rings. The number of nitrogens with zero attached hydrogens (tertiary/aromatic N) is 2. The highest BCUT2D eigenvalue weighted by Gasteiger charge is 2.32. The van der Waals surface area contributed by atoms with Crippen LogP contribution in [0.2, 0.25) is 0 Å². The molecule has 1 aromatic heterocycles. The van der Waals surface area contributed by atoms with Gasteiger partial charge in [0.05, 0.1) is 12.0 Å². The highest BCUT2D eigenvalue weighted by Crippen LogP contribution is 2.32. The fourth-order valence-corrected chi connectivity index (χ4v) is 2.50. The maximum Gasteiger partial charge on any atom is 0.187 e. The molecule has 0 unspecified atom stereocenters. The Balaban J connectivity index is 1.92. The molecule has 5 heteroatoms. The standard InChI is InChI=1S/C15H15N3OS/c1-10-4-6-11(7-5-10)12-9-13(14-3-2-8-19-14)18(17-12)15(16)20/h2-8,13H,9H2,1H3,(H2,16,20)/t13-/m1/s1. The van der Waals surface area contributed by atoms with E-state index in [1.807, 2.05) is 12.1 Å². The van der Waals surface area contributed by atoms with E-state index in [1.165, 1.54) is 5.56 Å². The lowest BCUT2D eigenvalue weighted by atomic mass is 10.0. The lowest BCUT2D eigenvalue weighted by Gasteiger charge is -2.19. The number of benzene rings is 1. The highest BCUT2D eigenvalue weighted by molar-refractivity contribution is 7.80. The number of hydrogen-bond acceptors (Lipinski definition) is 3. The van der Waals surface area contributed by atoms with Crippen LogP contribution in [0, 0.1) is 6.92 Å². The Morgan fingerprint density at radius 2 is 2.10 bits per heavy atom. The molecule has 3 rings (SSSR count). The minimum absolute atomic E-state index is 0.0567. The van der Waals surface area contributed by atoms with Crippen LogP contribution in [0.4, 0.5) is 0 Å². The average Bonchev–Trinajstić information content (AvgIpc) is 3.08. The van der Waals surface area contributed by atoms with Gasteiger partial charge in [-0.15, -0.1) is 0 Å². The first-order valence-electron chi connectivity index (χ1n) is 6.42. The molecule has 2 aromatic rings. The van der Waals surface area contributed by atoms with E-state index in [2.05, 4.69) is 36.3 Å². The van der Waals surface area contributed by atoms with Crippen LogP contribution in [0.1, 0.15) is 29.3 Å². The van der Waals surface area contributed by atoms with Crippen molar-refractivity contribution in [1.29, 1.82) is 0 Å². The fourth-order valence-electron chi connectivity index (χ4n) is 2.34. The monoisotopic (exact) mass is 285 g/mol. The SMILES string of the molecule is Cc1ccc(C2=NN(C(N)=S)[C@@H](c3ccco3)C2)cc1. The van der Waals surface area contributed by atoms with Gasteiger partial charge in [-0.1, -0.05) is 29.8 Å². The average molecular weight is 285 g/mol. The van der Waals surface area contributed by atoms with Crippen molar-refractivity contribution in [1.82, 2.24) is 5.01 Å². The van der Waals surface area contributed by atoms with Gasteiger partial charge in [0.1, 0.15) is 11.8 Å². The van der Waals surface area contributed by atoms with Crippen molar-refractivity contribution in [2.45, 2.75) is 19.4 Å². The third-order valence-corrected chi connectivity index (χ3v) is 3.58. The minimum atomic E-state index is -0.0567. The first-order chi connectivity index (χ1) is 9.65. The molecule has 1 aromatic carbocycles. The third kappa shape index (κ3) is 2.32. The van der Waals surface area contributed by atoms with Crippen LogP contribution in [0.25, 0.3) is 0 Å². The number of hydrogen-bond donors (Lipinski definition) is 1. The molecule has 20 heavy (non-hydrogen) atoms. The molecule has 0 amide bonds. The maximum atomic E-state index is 5.77. The molecule has 0 aliphatic carbocycles. The summed E-state index contributed by atoms with van der Waals surface area (Å²) in [7, 11) is 0. The van der Waals surface area contributed by atoms with Gasteiger partial charge < -0.3 is 10.2 Å². The number of nitrogens with two attached hydrogens (primary N) is 1. The first kappa shape index (κ1) is 12.9. The van der Waals surface area contributed by atoms with Gasteiger partial charge in [0.15, 0.2) is 5.11 Å². The van der Waals surface area contributed by atoms with E-state index in [-0.39, 0.29) is 11.2 Å². The van der Waals surface area contributed by atoms with Crippen LogP contribution in [0.3, 0.4) is 0 Å². The van der Waals surface area contributed by atoms with Crippen LogP contribution < -0.4 is 5.73 Å². The molecule has 2 heterocycles. The molecule has 0 fully saturated rings. The summed E-state index contributed by atoms with van der Waals surface area (Å²) in [5.41, 5.74) is 9.05. The smallest absolute Gasteiger partial charge is 0.187 e. The predicted octanol–water partition coefficient (Wildman–Crippen LogP) is 2.98. The summed E-state index contributed by atoms with van der Waals surface area (Å²) < 4.78 is 5.47. The van der Waals surface area contributed by atoms with E-state index in [4.69, 9.17) is 22.4 Å². The van der Waals surface area contributed by atoms with E-state index in [0.29, 0.717) is 0 Å². The van der Waals surface area contributed by atoms with Crippen LogP contribution in [0.15, 0.2) is 52.2 Å². The number of rotatable bonds is 2. The predicted molar refractivity (Wildman–Crippen MR) is 82.4 cm³/mol. The maximum absolute atomic E-state index is 5.77. The zero-order valence-corrected chi connectivity index (χ0v) is 11.9. The highest BCUT2D eigenvalue weighted by atomic mass is 32.1. The van der Waals surface area contributed by atoms with Crippen molar-refractivity contribution in [3.05, 3.63) is 59.5 Å². The first-order valence-corrected chi connectivity index (χ1v) is 6.82. The van der Waals surface area contributed by atoms with E-state index < -0.39 is 0 Å². The van der Waals surface area contributed by atoms with Crippen molar-refractivity contribution < 1.29 is 4.42 Å². The van der Waals surface area contributed by atoms with Crippen LogP contribution >= 0.6 is 12.2 Å². The van der Waals surface area contributed by atoms with Gasteiger partial charge in [-0.25, -0.2) is 5.01 Å². The van der Waals surface area contributed by atoms with Crippen molar-refractivity contribution in [3.8, 4) is 0 Å². The van der Waals surface area contributed by atoms with Crippen molar-refractivity contribution in [2.24, 2.45) is 10.8 Å². The summed E-state index contributed by atoms with van der Waals surface area (Å²) in [6.45, 7) is 2.06. The molecular weight excluding hydrogens is 270 g/mol. The zero-order valence-electron chi connectivity index (χ0n) is 11.1. The minimum Gasteiger partial charge on any atom is -0.467 e. The molecule has 0 bridgehead atoms. The Labute approximate surface area is 122 Å². The van der Waals surface area contributed by atoms with Gasteiger partial charge in [-0.2, -0.15) is 5.10 Å². The van der Waals surface area contributed by atoms with E-state index in [9.17, 15) is 0 Å². The zero-order chi connectivity index (χ0) is 14.1. The van der Waals surface area contributed by atoms with Gasteiger partial charge in [0.25, 0.3) is 0 Å². The Hall–Kier alpha value is -2.14. The molecule has 0 saturated heterocycles. The van der Waals surface area contributed by atoms with E-state index in [0.717, 1.165) is 23.5 Å². The molecule has 4 nitrogen and oxygen atoms in total. The lowest BCUT2D eigenvalue weighted by molar-refractivity contribution is 0.316. The summed E-state index contributed by atoms with van der Waals surface area (Å²) in [4.78, 5) is 0. The van der Waals surface area contributed by atoms with Gasteiger partial charge in [-0.3, -0.25) is 0 Å². The summed E-state index contributed by atoms with van der Waals surface area (Å²) in [6.07, 6.45) is 2.38. The third-order valence-electron chi connectivity index (χ3n) is 3.39. The number of furan rings is 1. The van der Waals surface area contributed by atoms with Crippen molar-refractivity contribution >= 4 is 23.0 Å². The Kier molecular flexibility index (Phi) is 3.28. The lowest BCUT2D eigenvalue weighted by Crippen LogP contribution is -2.31. The Morgan fingerprint density at radius 3 is 2.70 bits per heavy atom. The molecular formula is C15H15N3OS. The molecule has 0 spiro atoms. The number of aryl methyl sites for hydroxylation is 1. The number of thiocarbonyl (C=S) groups is 1. The number of hydrazone groups is 1. The fraction of sp³-hybridized carbons (Fsp3) is 0.200. The normalized spacial score (nSPS) is 18.1. The summed E-state index contributed by atoms with van der Waals surface area (Å²) in [5.74, 6) is 0.823. The van der Waals surface area contributed by atoms with Crippen LogP contribution in [-0.4, -0.2) is 15.8 Å². The van der Waals surface area contributed by atoms with Gasteiger partial charge in [-0.05, 0) is 36.8 Å². The van der Waals surface area contributed by atoms with Gasteiger partial charge >= 0.3 is 0 Å². The van der Waals surface area contributed by atoms with Crippen molar-refractivity contribution in [3.63, 3.8) is 0 Å². The summed E-state index contributed by atoms with van der Waals surface area (Å²) >= 11 is 5.08. The Bertz CT molecular complexity index is 646. The van der Waals surface area contributed by atoms with Gasteiger partial charge in [0.2, 0.25) is 0 Å². The van der Waals surface area contributed by atoms with Gasteiger partial charge in [0, 0.05) is 6.42 Å². The Morgan fingerprint density at radius 1 is 1.35 bits per heavy atom. The molecule has 1 atom stereocenters. The van der Waals surface area contributed by atoms with E-state index in [1.54, 1.807) is 11.3 Å². The molecule has 102 valence electrons. The quantitative estimate of drug-likeness (QED) is 0.862. The van der Waals surface area contributed by atoms with Crippen molar-refractivity contribution in [2.75, 3.05) is 0 Å². The van der Waals surface area contributed by atoms with Crippen LogP contribution in [0.5, 0.6) is 0 Å². The topological polar surface area (TPSA) is 54.8 Å². The largest absolute Gasteiger partial charge is 0.467 e. The molecule has 0 radical (unpaired) electrons. The summed E-state index contributed by atoms with van der Waals surface area (Å²) in [6, 6.07) is 12.0. The molecule has 1 aliphatic heterocycles. The second-order valence-corrected chi connectivity index (χ2v) is 5.25. The molecule has 0 saturated carbocycles. The second kappa shape index (κ2) is 5.09. The van der Waals surface area contributed by atoms with E-state index >= 15 is 0 Å². The second-order valence-electron chi connectivity index (χ2n) is 4.83. The summed E-state index contributed by atoms with van der Waals surface area (Å²) in [5, 5.41) is 6.46. The van der Waals surface area contributed by atoms with Crippen LogP contribution in [-0.2, 0) is 0 Å².